The quantitative estimate of drug-likeness (QED) is 0.663. The van der Waals surface area contributed by atoms with Crippen molar-refractivity contribution in [3.05, 3.63) is 42.9 Å². The highest BCUT2D eigenvalue weighted by Crippen LogP contribution is 2.22. The van der Waals surface area contributed by atoms with Crippen molar-refractivity contribution in [3.63, 3.8) is 0 Å². The maximum absolute atomic E-state index is 8.20. The van der Waals surface area contributed by atoms with Gasteiger partial charge in [-0.25, -0.2) is 0 Å². The van der Waals surface area contributed by atoms with Crippen LogP contribution in [0.15, 0.2) is 36.5 Å². The number of hydrogen-bond donors (Lipinski definition) is 1. The maximum Gasteiger partial charge on any atom is 0.0431 e. The molecule has 1 nitrogen and oxygen atoms in total. The van der Waals surface area contributed by atoms with Gasteiger partial charge in [0, 0.05) is 13.0 Å². The summed E-state index contributed by atoms with van der Waals surface area (Å²) in [7, 11) is 0. The minimum Gasteiger partial charge on any atom is -0.396 e. The molecule has 2 rings (SSSR count). The summed E-state index contributed by atoms with van der Waals surface area (Å²) in [6, 6.07) is 0. The maximum atomic E-state index is 8.20. The first kappa shape index (κ1) is 19.2. The molecule has 0 aromatic heterocycles. The van der Waals surface area contributed by atoms with Gasteiger partial charge in [-0.05, 0) is 12.3 Å². The zero-order valence-corrected chi connectivity index (χ0v) is 13.4. The van der Waals surface area contributed by atoms with Crippen LogP contribution in [0.1, 0.15) is 65.2 Å². The fraction of sp³-hybridized carbons (Fsp3) is 0.632. The third-order valence-corrected chi connectivity index (χ3v) is 3.43. The van der Waals surface area contributed by atoms with Crippen molar-refractivity contribution < 1.29 is 5.11 Å². The molecule has 115 valence electrons. The Bertz CT molecular complexity index is 239. The van der Waals surface area contributed by atoms with Crippen molar-refractivity contribution in [2.24, 2.45) is 5.92 Å². The molecule has 1 saturated carbocycles. The zero-order valence-electron chi connectivity index (χ0n) is 13.4. The molecule has 0 aromatic rings. The average Bonchev–Trinajstić information content (AvgIpc) is 2.80. The second-order valence-electron chi connectivity index (χ2n) is 5.52. The van der Waals surface area contributed by atoms with E-state index < -0.39 is 0 Å². The van der Waals surface area contributed by atoms with Crippen LogP contribution in [0.3, 0.4) is 0 Å². The Labute approximate surface area is 126 Å². The highest BCUT2D eigenvalue weighted by molar-refractivity contribution is 5.23. The minimum absolute atomic E-state index is 0.355. The van der Waals surface area contributed by atoms with Crippen molar-refractivity contribution in [2.45, 2.75) is 65.2 Å². The Balaban J connectivity index is 0.000000272. The highest BCUT2D eigenvalue weighted by Gasteiger charge is 2.05. The predicted molar refractivity (Wildman–Crippen MR) is 90.6 cm³/mol. The number of hydrogen-bond acceptors (Lipinski definition) is 1. The molecule has 1 fully saturated rings. The number of aliphatic hydroxyl groups excluding tert-OH is 1. The van der Waals surface area contributed by atoms with Crippen LogP contribution in [-0.4, -0.2) is 11.7 Å². The topological polar surface area (TPSA) is 20.2 Å². The molecule has 0 saturated heterocycles. The lowest BCUT2D eigenvalue weighted by molar-refractivity contribution is 0.284. The Morgan fingerprint density at radius 1 is 0.850 bits per heavy atom. The van der Waals surface area contributed by atoms with Gasteiger partial charge in [-0.15, -0.1) is 0 Å². The first-order valence-corrected chi connectivity index (χ1v) is 8.25. The number of aliphatic hydroxyl groups is 1. The minimum atomic E-state index is 0.355. The Kier molecular flexibility index (Phi) is 15.6. The second kappa shape index (κ2) is 16.2. The molecule has 0 unspecified atom stereocenters. The van der Waals surface area contributed by atoms with Gasteiger partial charge in [0.25, 0.3) is 0 Å². The predicted octanol–water partition coefficient (Wildman–Crippen LogP) is 5.63. The van der Waals surface area contributed by atoms with Crippen molar-refractivity contribution in [3.8, 4) is 0 Å². The van der Waals surface area contributed by atoms with E-state index in [0.717, 1.165) is 18.8 Å². The number of allylic oxidation sites excluding steroid dienone is 6. The Morgan fingerprint density at radius 3 is 1.75 bits per heavy atom. The summed E-state index contributed by atoms with van der Waals surface area (Å²) in [5, 5.41) is 8.20. The standard InChI is InChI=1S/C7H14.C7H7.C5H12O/c1-7-5-3-2-4-6-7;1-2-4-6-7-5-3-1;1-2-3-4-5-6/h7H,2-6H2,1H3;1-7H;6H,2-5H2,1H3. The summed E-state index contributed by atoms with van der Waals surface area (Å²) in [6.45, 7) is 4.84. The van der Waals surface area contributed by atoms with E-state index in [1.807, 2.05) is 42.9 Å². The van der Waals surface area contributed by atoms with Crippen molar-refractivity contribution in [1.82, 2.24) is 0 Å². The van der Waals surface area contributed by atoms with Gasteiger partial charge in [0.2, 0.25) is 0 Å². The van der Waals surface area contributed by atoms with E-state index in [-0.39, 0.29) is 0 Å². The van der Waals surface area contributed by atoms with E-state index in [0.29, 0.717) is 6.61 Å². The molecule has 0 heterocycles. The van der Waals surface area contributed by atoms with Crippen molar-refractivity contribution in [2.75, 3.05) is 6.61 Å². The Morgan fingerprint density at radius 2 is 1.40 bits per heavy atom. The van der Waals surface area contributed by atoms with Crippen LogP contribution in [0.4, 0.5) is 0 Å². The molecular formula is C19H33O. The molecule has 0 spiro atoms. The molecule has 1 heteroatoms. The summed E-state index contributed by atoms with van der Waals surface area (Å²) in [5.41, 5.74) is 0. The molecule has 0 aliphatic heterocycles. The first-order chi connectivity index (χ1) is 9.81. The van der Waals surface area contributed by atoms with Gasteiger partial charge in [-0.1, -0.05) is 95.2 Å². The summed E-state index contributed by atoms with van der Waals surface area (Å²) in [4.78, 5) is 0. The van der Waals surface area contributed by atoms with Crippen LogP contribution in [0.2, 0.25) is 0 Å². The fourth-order valence-corrected chi connectivity index (χ4v) is 2.12. The van der Waals surface area contributed by atoms with Gasteiger partial charge in [-0.3, -0.25) is 0 Å². The first-order valence-electron chi connectivity index (χ1n) is 8.25. The molecule has 0 bridgehead atoms. The van der Waals surface area contributed by atoms with Crippen LogP contribution in [0.25, 0.3) is 0 Å². The number of rotatable bonds is 3. The van der Waals surface area contributed by atoms with Gasteiger partial charge >= 0.3 is 0 Å². The molecule has 0 atom stereocenters. The summed E-state index contributed by atoms with van der Waals surface area (Å²) >= 11 is 0. The lowest BCUT2D eigenvalue weighted by atomic mass is 9.91. The van der Waals surface area contributed by atoms with Crippen LogP contribution < -0.4 is 0 Å². The van der Waals surface area contributed by atoms with Crippen molar-refractivity contribution in [1.29, 1.82) is 0 Å². The molecule has 2 aliphatic rings. The molecule has 20 heavy (non-hydrogen) atoms. The summed E-state index contributed by atoms with van der Waals surface area (Å²) in [6.07, 6.45) is 24.8. The fourth-order valence-electron chi connectivity index (χ4n) is 2.12. The monoisotopic (exact) mass is 277 g/mol. The zero-order chi connectivity index (χ0) is 14.9. The average molecular weight is 277 g/mol. The van der Waals surface area contributed by atoms with E-state index >= 15 is 0 Å². The normalized spacial score (nSPS) is 17.6. The number of unbranched alkanes of at least 4 members (excludes halogenated alkanes) is 2. The molecular weight excluding hydrogens is 244 g/mol. The largest absolute Gasteiger partial charge is 0.396 e. The van der Waals surface area contributed by atoms with E-state index in [9.17, 15) is 0 Å². The van der Waals surface area contributed by atoms with Gasteiger partial charge < -0.3 is 5.11 Å². The van der Waals surface area contributed by atoms with Gasteiger partial charge in [0.1, 0.15) is 0 Å². The lowest BCUT2D eigenvalue weighted by Gasteiger charge is -2.15. The molecule has 0 amide bonds. The van der Waals surface area contributed by atoms with Crippen LogP contribution in [0.5, 0.6) is 0 Å². The van der Waals surface area contributed by atoms with E-state index in [1.165, 1.54) is 38.5 Å². The Hall–Kier alpha value is -0.820. The molecule has 1 radical (unpaired) electrons. The molecule has 2 aliphatic carbocycles. The van der Waals surface area contributed by atoms with E-state index in [1.54, 1.807) is 0 Å². The van der Waals surface area contributed by atoms with Crippen molar-refractivity contribution >= 4 is 0 Å². The van der Waals surface area contributed by atoms with Gasteiger partial charge in [0.15, 0.2) is 0 Å². The lowest BCUT2D eigenvalue weighted by Crippen LogP contribution is -1.99. The van der Waals surface area contributed by atoms with Crippen LogP contribution >= 0.6 is 0 Å². The SMILES string of the molecule is CC1CCCCC1.CCCCCO.[CH]1C=CC=CC=C1. The third-order valence-electron chi connectivity index (χ3n) is 3.43. The van der Waals surface area contributed by atoms with Crippen LogP contribution in [0, 0.1) is 12.3 Å². The van der Waals surface area contributed by atoms with Gasteiger partial charge in [-0.2, -0.15) is 0 Å². The smallest absolute Gasteiger partial charge is 0.0431 e. The second-order valence-corrected chi connectivity index (χ2v) is 5.52. The molecule has 0 aromatic carbocycles. The molecule has 1 N–H and O–H groups in total. The van der Waals surface area contributed by atoms with E-state index in [2.05, 4.69) is 13.8 Å². The van der Waals surface area contributed by atoms with Gasteiger partial charge in [0.05, 0.1) is 0 Å². The highest BCUT2D eigenvalue weighted by atomic mass is 16.2. The van der Waals surface area contributed by atoms with Crippen LogP contribution in [-0.2, 0) is 0 Å². The summed E-state index contributed by atoms with van der Waals surface area (Å²) in [5.74, 6) is 1.04. The summed E-state index contributed by atoms with van der Waals surface area (Å²) < 4.78 is 0. The van der Waals surface area contributed by atoms with E-state index in [4.69, 9.17) is 5.11 Å². The third kappa shape index (κ3) is 15.2.